The zero-order valence-electron chi connectivity index (χ0n) is 20.2. The van der Waals surface area contributed by atoms with Crippen LogP contribution in [0.5, 0.6) is 0 Å². The summed E-state index contributed by atoms with van der Waals surface area (Å²) in [5.74, 6) is -0.393. The topological polar surface area (TPSA) is 150 Å². The fraction of sp³-hybridized carbons (Fsp3) is 0.231. The number of aryl methyl sites for hydroxylation is 2. The molecule has 2 aromatic carbocycles. The molecule has 5 N–H and O–H groups in total. The van der Waals surface area contributed by atoms with Gasteiger partial charge in [0.1, 0.15) is 10.9 Å². The minimum atomic E-state index is -3.22. The van der Waals surface area contributed by atoms with Gasteiger partial charge in [0.25, 0.3) is 5.91 Å². The number of nitrogens with two attached hydrogens (primary N) is 1. The van der Waals surface area contributed by atoms with Crippen molar-refractivity contribution in [3.63, 3.8) is 0 Å². The molecule has 37 heavy (non-hydrogen) atoms. The molecule has 0 fully saturated rings. The molecule has 2 aromatic heterocycles. The molecule has 1 aliphatic rings. The number of carbonyl (C=O) groups excluding carboxylic acids is 1. The lowest BCUT2D eigenvalue weighted by atomic mass is 10.1. The summed E-state index contributed by atoms with van der Waals surface area (Å²) >= 11 is 0. The highest BCUT2D eigenvalue weighted by Gasteiger charge is 2.21. The number of sulfonamides is 1. The van der Waals surface area contributed by atoms with Crippen molar-refractivity contribution in [2.24, 2.45) is 5.73 Å². The van der Waals surface area contributed by atoms with Gasteiger partial charge in [0.2, 0.25) is 21.1 Å². The predicted octanol–water partition coefficient (Wildman–Crippen LogP) is 1.62. The van der Waals surface area contributed by atoms with Crippen molar-refractivity contribution in [2.45, 2.75) is 25.7 Å². The second kappa shape index (κ2) is 9.75. The summed E-state index contributed by atoms with van der Waals surface area (Å²) < 4.78 is 26.7. The lowest BCUT2D eigenvalue weighted by Gasteiger charge is -2.12. The number of nitrogens with zero attached hydrogens (tertiary/aromatic N) is 2. The van der Waals surface area contributed by atoms with Gasteiger partial charge >= 0.3 is 5.95 Å². The monoisotopic (exact) mass is 519 g/mol. The quantitative estimate of drug-likeness (QED) is 0.322. The van der Waals surface area contributed by atoms with Crippen LogP contribution in [0.2, 0.25) is 0 Å². The van der Waals surface area contributed by atoms with E-state index in [-0.39, 0.29) is 10.9 Å². The fourth-order valence-electron chi connectivity index (χ4n) is 4.56. The molecule has 0 atom stereocenters. The van der Waals surface area contributed by atoms with Crippen molar-refractivity contribution in [1.82, 2.24) is 14.3 Å². The number of fused-ring (bicyclic) bond motifs is 2. The Hall–Kier alpha value is -4.09. The first-order valence-electron chi connectivity index (χ1n) is 11.9. The Morgan fingerprint density at radius 1 is 1.14 bits per heavy atom. The molecular weight excluding hydrogens is 492 g/mol. The van der Waals surface area contributed by atoms with Crippen LogP contribution in [0.4, 0.5) is 11.6 Å². The van der Waals surface area contributed by atoms with E-state index >= 15 is 0 Å². The number of pyridine rings is 1. The number of aromatic nitrogens is 3. The summed E-state index contributed by atoms with van der Waals surface area (Å²) in [6.45, 7) is 0.319. The van der Waals surface area contributed by atoms with E-state index in [0.29, 0.717) is 24.6 Å². The van der Waals surface area contributed by atoms with Crippen LogP contribution in [0.25, 0.3) is 16.7 Å². The first-order chi connectivity index (χ1) is 17.7. The second-order valence-electron chi connectivity index (χ2n) is 9.14. The number of carbonyl (C=O) groups is 1. The van der Waals surface area contributed by atoms with Crippen molar-refractivity contribution < 1.29 is 18.2 Å². The van der Waals surface area contributed by atoms with Gasteiger partial charge < -0.3 is 5.73 Å². The Kier molecular flexibility index (Phi) is 6.48. The van der Waals surface area contributed by atoms with Gasteiger partial charge in [0.15, 0.2) is 0 Å². The van der Waals surface area contributed by atoms with Crippen LogP contribution < -0.4 is 26.2 Å². The van der Waals surface area contributed by atoms with Crippen LogP contribution in [-0.2, 0) is 29.3 Å². The van der Waals surface area contributed by atoms with Gasteiger partial charge in [0.05, 0.1) is 18.1 Å². The molecule has 1 aliphatic carbocycles. The van der Waals surface area contributed by atoms with E-state index in [1.54, 1.807) is 4.57 Å². The molecule has 0 spiro atoms. The summed E-state index contributed by atoms with van der Waals surface area (Å²) in [5.41, 5.74) is 10.4. The molecular formula is C26H27N6O4S+. The normalized spacial score (nSPS) is 13.0. The van der Waals surface area contributed by atoms with Crippen molar-refractivity contribution in [2.75, 3.05) is 18.1 Å². The van der Waals surface area contributed by atoms with E-state index in [9.17, 15) is 18.0 Å². The highest BCUT2D eigenvalue weighted by molar-refractivity contribution is 7.88. The van der Waals surface area contributed by atoms with Crippen LogP contribution in [0, 0.1) is 0 Å². The van der Waals surface area contributed by atoms with Crippen molar-refractivity contribution in [1.29, 1.82) is 0 Å². The van der Waals surface area contributed by atoms with Gasteiger partial charge in [-0.3, -0.25) is 14.2 Å². The second-order valence-corrected chi connectivity index (χ2v) is 11.0. The summed E-state index contributed by atoms with van der Waals surface area (Å²) in [6.07, 6.45) is 7.80. The van der Waals surface area contributed by atoms with E-state index in [2.05, 4.69) is 32.1 Å². The molecule has 0 saturated carbocycles. The van der Waals surface area contributed by atoms with Crippen molar-refractivity contribution in [3.05, 3.63) is 87.3 Å². The predicted molar refractivity (Wildman–Crippen MR) is 141 cm³/mol. The maximum atomic E-state index is 13.0. The van der Waals surface area contributed by atoms with Gasteiger partial charge in [-0.25, -0.2) is 23.4 Å². The van der Waals surface area contributed by atoms with E-state index < -0.39 is 21.4 Å². The van der Waals surface area contributed by atoms with Crippen LogP contribution >= 0.6 is 0 Å². The van der Waals surface area contributed by atoms with Gasteiger partial charge in [-0.2, -0.15) is 0 Å². The summed E-state index contributed by atoms with van der Waals surface area (Å²) in [6, 6.07) is 13.6. The van der Waals surface area contributed by atoms with Gasteiger partial charge in [-0.15, -0.1) is 0 Å². The largest absolute Gasteiger partial charge is 0.396 e. The van der Waals surface area contributed by atoms with E-state index in [4.69, 9.17) is 5.73 Å². The Bertz CT molecular complexity index is 1680. The third-order valence-electron chi connectivity index (χ3n) is 6.41. The molecule has 2 heterocycles. The Morgan fingerprint density at radius 3 is 2.62 bits per heavy atom. The van der Waals surface area contributed by atoms with Crippen LogP contribution in [0.3, 0.4) is 0 Å². The number of amides is 1. The van der Waals surface area contributed by atoms with Gasteiger partial charge in [-0.1, -0.05) is 23.2 Å². The third-order valence-corrected chi connectivity index (χ3v) is 7.14. The van der Waals surface area contributed by atoms with Gasteiger partial charge in [0, 0.05) is 18.4 Å². The molecule has 0 bridgehead atoms. The van der Waals surface area contributed by atoms with Crippen molar-refractivity contribution >= 4 is 38.6 Å². The summed E-state index contributed by atoms with van der Waals surface area (Å²) in [7, 11) is -3.22. The first kappa shape index (κ1) is 24.6. The lowest BCUT2D eigenvalue weighted by Crippen LogP contribution is -2.26. The van der Waals surface area contributed by atoms with E-state index in [1.807, 2.05) is 30.3 Å². The SMILES string of the molecule is CS(=O)(=O)NCCc1ccc(Nc2nc3c(c[nH+]2)c(=O)c(C(N)=O)cn3-c2ccc3c(c2)CCC3)cc1. The fourth-order valence-corrected chi connectivity index (χ4v) is 5.04. The number of H-pyrrole nitrogens is 1. The standard InChI is InChI=1S/C26H26N6O4S/c1-37(35,36)29-12-11-16-5-8-19(9-6-16)30-26-28-14-21-23(33)22(24(27)34)15-32(25(21)31-26)20-10-7-17-3-2-4-18(17)13-20/h5-10,13-15,29H,2-4,11-12H2,1H3,(H2,27,34)(H,28,30,31)/p+1. The van der Waals surface area contributed by atoms with Gasteiger partial charge in [-0.05, 0) is 66.6 Å². The lowest BCUT2D eigenvalue weighted by molar-refractivity contribution is -0.362. The molecule has 0 saturated heterocycles. The average Bonchev–Trinajstić information content (AvgIpc) is 3.32. The highest BCUT2D eigenvalue weighted by atomic mass is 32.2. The average molecular weight is 520 g/mol. The Labute approximate surface area is 213 Å². The zero-order valence-corrected chi connectivity index (χ0v) is 21.1. The number of nitrogens with one attached hydrogen (secondary N) is 3. The number of aromatic amines is 1. The maximum absolute atomic E-state index is 13.0. The molecule has 1 amide bonds. The van der Waals surface area contributed by atoms with E-state index in [1.165, 1.54) is 23.5 Å². The number of hydrogen-bond acceptors (Lipinski definition) is 6. The minimum Gasteiger partial charge on any atom is -0.365 e. The summed E-state index contributed by atoms with van der Waals surface area (Å²) in [5, 5.41) is 3.44. The number of benzene rings is 2. The Morgan fingerprint density at radius 2 is 1.89 bits per heavy atom. The van der Waals surface area contributed by atoms with E-state index in [0.717, 1.165) is 42.5 Å². The first-order valence-corrected chi connectivity index (χ1v) is 13.8. The molecule has 10 nitrogen and oxygen atoms in total. The smallest absolute Gasteiger partial charge is 0.365 e. The molecule has 5 rings (SSSR count). The molecule has 4 aromatic rings. The minimum absolute atomic E-state index is 0.107. The van der Waals surface area contributed by atoms with Crippen LogP contribution in [0.15, 0.2) is 59.7 Å². The highest BCUT2D eigenvalue weighted by Crippen LogP contribution is 2.26. The molecule has 0 radical (unpaired) electrons. The van der Waals surface area contributed by atoms with Crippen LogP contribution in [0.1, 0.15) is 33.5 Å². The maximum Gasteiger partial charge on any atom is 0.396 e. The Balaban J connectivity index is 1.48. The molecule has 11 heteroatoms. The zero-order chi connectivity index (χ0) is 26.2. The number of rotatable bonds is 8. The summed E-state index contributed by atoms with van der Waals surface area (Å²) in [4.78, 5) is 32.6. The molecule has 190 valence electrons. The van der Waals surface area contributed by atoms with Crippen LogP contribution in [-0.4, -0.2) is 36.7 Å². The number of primary amides is 1. The number of hydrogen-bond donors (Lipinski definition) is 3. The van der Waals surface area contributed by atoms with Crippen molar-refractivity contribution in [3.8, 4) is 5.69 Å². The molecule has 0 unspecified atom stereocenters. The third kappa shape index (κ3) is 5.37. The number of anilines is 2. The molecule has 0 aliphatic heterocycles.